The highest BCUT2D eigenvalue weighted by Gasteiger charge is 2.26. The molecule has 0 radical (unpaired) electrons. The molecule has 2 aromatic rings. The highest BCUT2D eigenvalue weighted by molar-refractivity contribution is 6.30. The number of nitrogens with zero attached hydrogens (tertiary/aromatic N) is 2. The van der Waals surface area contributed by atoms with Crippen LogP contribution in [0.25, 0.3) is 0 Å². The van der Waals surface area contributed by atoms with E-state index in [9.17, 15) is 5.11 Å². The average Bonchev–Trinajstić information content (AvgIpc) is 3.16. The van der Waals surface area contributed by atoms with Crippen LogP contribution in [0.15, 0.2) is 59.8 Å². The summed E-state index contributed by atoms with van der Waals surface area (Å²) in [5.74, 6) is 0. The summed E-state index contributed by atoms with van der Waals surface area (Å²) in [4.78, 5) is 7.90. The molecule has 2 aromatic carbocycles. The minimum absolute atomic E-state index is 0.0531. The summed E-state index contributed by atoms with van der Waals surface area (Å²) in [5, 5.41) is 15.4. The molecule has 29 heavy (non-hydrogen) atoms. The first kappa shape index (κ1) is 21.8. The van der Waals surface area contributed by atoms with E-state index in [0.717, 1.165) is 24.2 Å². The van der Waals surface area contributed by atoms with Gasteiger partial charge in [-0.1, -0.05) is 59.2 Å². The normalized spacial score (nSPS) is 17.4. The molecule has 1 heterocycles. The molecule has 0 amide bonds. The second-order valence-electron chi connectivity index (χ2n) is 7.69. The van der Waals surface area contributed by atoms with Crippen molar-refractivity contribution in [3.05, 3.63) is 70.7 Å². The van der Waals surface area contributed by atoms with E-state index in [1.54, 1.807) is 0 Å². The summed E-state index contributed by atoms with van der Waals surface area (Å²) >= 11 is 5.97. The maximum absolute atomic E-state index is 10.4. The summed E-state index contributed by atoms with van der Waals surface area (Å²) in [6.07, 6.45) is 0.216. The van der Waals surface area contributed by atoms with Gasteiger partial charge >= 0.3 is 0 Å². The zero-order valence-electron chi connectivity index (χ0n) is 17.0. The van der Waals surface area contributed by atoms with E-state index in [4.69, 9.17) is 21.2 Å². The van der Waals surface area contributed by atoms with E-state index >= 15 is 0 Å². The lowest BCUT2D eigenvalue weighted by Crippen LogP contribution is -2.39. The highest BCUT2D eigenvalue weighted by atomic mass is 35.5. The van der Waals surface area contributed by atoms with E-state index in [1.807, 2.05) is 56.3 Å². The van der Waals surface area contributed by atoms with E-state index in [2.05, 4.69) is 22.2 Å². The fourth-order valence-corrected chi connectivity index (χ4v) is 3.45. The van der Waals surface area contributed by atoms with E-state index in [0.29, 0.717) is 24.7 Å². The molecule has 0 saturated heterocycles. The highest BCUT2D eigenvalue weighted by Crippen LogP contribution is 2.20. The van der Waals surface area contributed by atoms with E-state index < -0.39 is 6.10 Å². The number of hydrogen-bond acceptors (Lipinski definition) is 5. The van der Waals surface area contributed by atoms with Gasteiger partial charge in [-0.15, -0.1) is 0 Å². The summed E-state index contributed by atoms with van der Waals surface area (Å²) < 4.78 is 5.57. The first-order chi connectivity index (χ1) is 14.0. The Morgan fingerprint density at radius 2 is 1.90 bits per heavy atom. The minimum atomic E-state index is -0.556. The molecule has 3 rings (SSSR count). The van der Waals surface area contributed by atoms with Gasteiger partial charge in [-0.05, 0) is 37.1 Å². The molecule has 156 valence electrons. The molecule has 2 atom stereocenters. The van der Waals surface area contributed by atoms with Crippen LogP contribution in [0.2, 0.25) is 5.02 Å². The Morgan fingerprint density at radius 1 is 1.17 bits per heavy atom. The maximum atomic E-state index is 10.4. The SMILES string of the molecule is CC(C)OC[C@@H](O)CN(Cc1ccccc1)C[C@H]1CC(c2ccc(Cl)cc2)=NO1. The van der Waals surface area contributed by atoms with Gasteiger partial charge in [0, 0.05) is 31.1 Å². The third kappa shape index (κ3) is 7.12. The van der Waals surface area contributed by atoms with Crippen molar-refractivity contribution in [2.24, 2.45) is 5.16 Å². The molecule has 0 saturated carbocycles. The Hall–Kier alpha value is -1.92. The predicted molar refractivity (Wildman–Crippen MR) is 116 cm³/mol. The number of halogens is 1. The molecule has 0 spiro atoms. The summed E-state index contributed by atoms with van der Waals surface area (Å²) in [6, 6.07) is 17.9. The molecule has 0 unspecified atom stereocenters. The zero-order valence-corrected chi connectivity index (χ0v) is 17.8. The van der Waals surface area contributed by atoms with Crippen LogP contribution in [0.3, 0.4) is 0 Å². The molecule has 0 aliphatic carbocycles. The molecule has 5 nitrogen and oxygen atoms in total. The van der Waals surface area contributed by atoms with Gasteiger partial charge in [-0.3, -0.25) is 4.90 Å². The van der Waals surface area contributed by atoms with Gasteiger partial charge in [0.25, 0.3) is 0 Å². The molecule has 6 heteroatoms. The van der Waals surface area contributed by atoms with E-state index in [1.165, 1.54) is 5.56 Å². The fourth-order valence-electron chi connectivity index (χ4n) is 3.33. The topological polar surface area (TPSA) is 54.3 Å². The lowest BCUT2D eigenvalue weighted by Gasteiger charge is -2.27. The smallest absolute Gasteiger partial charge is 0.145 e. The number of hydrogen-bond donors (Lipinski definition) is 1. The van der Waals surface area contributed by atoms with Gasteiger partial charge in [0.15, 0.2) is 0 Å². The van der Waals surface area contributed by atoms with Gasteiger partial charge < -0.3 is 14.7 Å². The van der Waals surface area contributed by atoms with Crippen LogP contribution in [0, 0.1) is 0 Å². The van der Waals surface area contributed by atoms with Crippen molar-refractivity contribution in [3.63, 3.8) is 0 Å². The van der Waals surface area contributed by atoms with Crippen LogP contribution in [0.4, 0.5) is 0 Å². The molecule has 0 bridgehead atoms. The largest absolute Gasteiger partial charge is 0.390 e. The third-order valence-corrected chi connectivity index (χ3v) is 4.96. The third-order valence-electron chi connectivity index (χ3n) is 4.71. The Kier molecular flexibility index (Phi) is 8.07. The Balaban J connectivity index is 1.59. The van der Waals surface area contributed by atoms with Crippen LogP contribution < -0.4 is 0 Å². The van der Waals surface area contributed by atoms with Crippen molar-refractivity contribution >= 4 is 17.3 Å². The molecular formula is C23H29ClN2O3. The van der Waals surface area contributed by atoms with Gasteiger partial charge in [0.1, 0.15) is 6.10 Å². The molecule has 1 aliphatic heterocycles. The number of aliphatic hydroxyl groups is 1. The molecule has 0 fully saturated rings. The Labute approximate surface area is 177 Å². The van der Waals surface area contributed by atoms with Gasteiger partial charge in [-0.2, -0.15) is 0 Å². The summed E-state index contributed by atoms with van der Waals surface area (Å²) in [6.45, 7) is 6.18. The molecule has 1 aliphatic rings. The van der Waals surface area contributed by atoms with Crippen molar-refractivity contribution < 1.29 is 14.7 Å². The predicted octanol–water partition coefficient (Wildman–Crippen LogP) is 4.12. The fraction of sp³-hybridized carbons (Fsp3) is 0.435. The van der Waals surface area contributed by atoms with Crippen molar-refractivity contribution in [3.8, 4) is 0 Å². The second kappa shape index (κ2) is 10.7. The zero-order chi connectivity index (χ0) is 20.6. The van der Waals surface area contributed by atoms with E-state index in [-0.39, 0.29) is 12.2 Å². The lowest BCUT2D eigenvalue weighted by molar-refractivity contribution is -0.0194. The van der Waals surface area contributed by atoms with Crippen molar-refractivity contribution in [2.75, 3.05) is 19.7 Å². The van der Waals surface area contributed by atoms with Crippen LogP contribution >= 0.6 is 11.6 Å². The van der Waals surface area contributed by atoms with Crippen molar-refractivity contribution in [2.45, 2.75) is 45.1 Å². The number of benzene rings is 2. The van der Waals surface area contributed by atoms with Crippen LogP contribution in [0.5, 0.6) is 0 Å². The molecular weight excluding hydrogens is 388 g/mol. The molecule has 0 aromatic heterocycles. The Morgan fingerprint density at radius 3 is 2.59 bits per heavy atom. The van der Waals surface area contributed by atoms with Crippen molar-refractivity contribution in [1.29, 1.82) is 0 Å². The minimum Gasteiger partial charge on any atom is -0.390 e. The second-order valence-corrected chi connectivity index (χ2v) is 8.13. The Bertz CT molecular complexity index is 780. The van der Waals surface area contributed by atoms with Crippen LogP contribution in [0.1, 0.15) is 31.4 Å². The first-order valence-corrected chi connectivity index (χ1v) is 10.4. The maximum Gasteiger partial charge on any atom is 0.145 e. The van der Waals surface area contributed by atoms with Gasteiger partial charge in [0.2, 0.25) is 0 Å². The summed E-state index contributed by atoms with van der Waals surface area (Å²) in [7, 11) is 0. The number of rotatable bonds is 10. The number of ether oxygens (including phenoxy) is 1. The number of oxime groups is 1. The average molecular weight is 417 g/mol. The summed E-state index contributed by atoms with van der Waals surface area (Å²) in [5.41, 5.74) is 3.15. The van der Waals surface area contributed by atoms with Crippen LogP contribution in [-0.4, -0.2) is 53.7 Å². The van der Waals surface area contributed by atoms with Gasteiger partial charge in [-0.25, -0.2) is 0 Å². The standard InChI is InChI=1S/C23H29ClN2O3/c1-17(2)28-16-21(27)14-26(13-18-6-4-3-5-7-18)15-22-12-23(25-29-22)19-8-10-20(24)11-9-19/h3-11,17,21-22,27H,12-16H2,1-2H3/t21-,22+/m0/s1. The van der Waals surface area contributed by atoms with Crippen LogP contribution in [-0.2, 0) is 16.1 Å². The lowest BCUT2D eigenvalue weighted by atomic mass is 10.0. The monoisotopic (exact) mass is 416 g/mol. The van der Waals surface area contributed by atoms with Gasteiger partial charge in [0.05, 0.1) is 24.5 Å². The molecule has 1 N–H and O–H groups in total. The number of aliphatic hydroxyl groups excluding tert-OH is 1. The van der Waals surface area contributed by atoms with Crippen molar-refractivity contribution in [1.82, 2.24) is 4.90 Å². The first-order valence-electron chi connectivity index (χ1n) is 10.0. The quantitative estimate of drug-likeness (QED) is 0.633.